The molecule has 25 heavy (non-hydrogen) atoms. The molecule has 0 saturated heterocycles. The molecule has 2 aliphatic carbocycles. The fourth-order valence-electron chi connectivity index (χ4n) is 3.87. The Morgan fingerprint density at radius 1 is 1.00 bits per heavy atom. The van der Waals surface area contributed by atoms with Crippen molar-refractivity contribution in [3.63, 3.8) is 0 Å². The summed E-state index contributed by atoms with van der Waals surface area (Å²) in [5.41, 5.74) is 2.49. The zero-order valence-corrected chi connectivity index (χ0v) is 16.9. The number of hydrogen-bond donors (Lipinski definition) is 0. The molecule has 140 valence electrons. The SMILES string of the molecule is CC(C)(C)CCC(=O)C1=CC(CC(C)(C)CCC(=O)C2=CCCC2)C1. The van der Waals surface area contributed by atoms with Gasteiger partial charge in [-0.15, -0.1) is 0 Å². The van der Waals surface area contributed by atoms with Crippen LogP contribution in [0.5, 0.6) is 0 Å². The Balaban J connectivity index is 1.73. The van der Waals surface area contributed by atoms with Gasteiger partial charge in [0.1, 0.15) is 0 Å². The molecule has 2 heteroatoms. The summed E-state index contributed by atoms with van der Waals surface area (Å²) in [5, 5.41) is 0. The molecule has 0 amide bonds. The smallest absolute Gasteiger partial charge is 0.158 e. The summed E-state index contributed by atoms with van der Waals surface area (Å²) in [6.07, 6.45) is 12.8. The summed E-state index contributed by atoms with van der Waals surface area (Å²) in [6.45, 7) is 11.1. The Kier molecular flexibility index (Phi) is 6.45. The molecular formula is C23H36O2. The Labute approximate surface area is 154 Å². The van der Waals surface area contributed by atoms with E-state index >= 15 is 0 Å². The van der Waals surface area contributed by atoms with E-state index in [0.29, 0.717) is 30.3 Å². The highest BCUT2D eigenvalue weighted by Crippen LogP contribution is 2.40. The maximum atomic E-state index is 12.2. The van der Waals surface area contributed by atoms with Gasteiger partial charge < -0.3 is 0 Å². The molecular weight excluding hydrogens is 308 g/mol. The second-order valence-corrected chi connectivity index (χ2v) is 10.1. The second kappa shape index (κ2) is 8.01. The van der Waals surface area contributed by atoms with Gasteiger partial charge in [-0.3, -0.25) is 9.59 Å². The van der Waals surface area contributed by atoms with Gasteiger partial charge in [0.05, 0.1) is 0 Å². The third-order valence-electron chi connectivity index (χ3n) is 5.62. The molecule has 0 bridgehead atoms. The Morgan fingerprint density at radius 3 is 2.16 bits per heavy atom. The van der Waals surface area contributed by atoms with Gasteiger partial charge in [-0.05, 0) is 72.8 Å². The molecule has 0 aromatic rings. The molecule has 0 radical (unpaired) electrons. The van der Waals surface area contributed by atoms with Gasteiger partial charge in [0.25, 0.3) is 0 Å². The highest BCUT2D eigenvalue weighted by molar-refractivity contribution is 5.96. The topological polar surface area (TPSA) is 34.1 Å². The van der Waals surface area contributed by atoms with Gasteiger partial charge >= 0.3 is 0 Å². The molecule has 0 saturated carbocycles. The molecule has 2 rings (SSSR count). The van der Waals surface area contributed by atoms with E-state index in [-0.39, 0.29) is 10.8 Å². The normalized spacial score (nSPS) is 20.8. The maximum absolute atomic E-state index is 12.2. The lowest BCUT2D eigenvalue weighted by molar-refractivity contribution is -0.117. The highest BCUT2D eigenvalue weighted by Gasteiger charge is 2.31. The fraction of sp³-hybridized carbons (Fsp3) is 0.739. The molecule has 2 aliphatic rings. The summed E-state index contributed by atoms with van der Waals surface area (Å²) in [5.74, 6) is 1.21. The van der Waals surface area contributed by atoms with E-state index in [1.54, 1.807) is 0 Å². The van der Waals surface area contributed by atoms with Crippen molar-refractivity contribution in [2.24, 2.45) is 16.7 Å². The number of carbonyl (C=O) groups excluding carboxylic acids is 2. The first-order chi connectivity index (χ1) is 11.6. The molecule has 0 N–H and O–H groups in total. The molecule has 0 aliphatic heterocycles. The van der Waals surface area contributed by atoms with Gasteiger partial charge in [-0.1, -0.05) is 46.8 Å². The van der Waals surface area contributed by atoms with Crippen LogP contribution in [-0.4, -0.2) is 11.6 Å². The minimum atomic E-state index is 0.163. The predicted octanol–water partition coefficient (Wildman–Crippen LogP) is 6.20. The van der Waals surface area contributed by atoms with Crippen molar-refractivity contribution in [3.05, 3.63) is 23.3 Å². The van der Waals surface area contributed by atoms with Gasteiger partial charge in [-0.25, -0.2) is 0 Å². The van der Waals surface area contributed by atoms with Gasteiger partial charge in [-0.2, -0.15) is 0 Å². The molecule has 1 atom stereocenters. The van der Waals surface area contributed by atoms with Crippen molar-refractivity contribution in [1.29, 1.82) is 0 Å². The number of rotatable bonds is 9. The number of carbonyl (C=O) groups is 2. The van der Waals surface area contributed by atoms with E-state index in [0.717, 1.165) is 56.1 Å². The van der Waals surface area contributed by atoms with Crippen LogP contribution in [0.3, 0.4) is 0 Å². The minimum Gasteiger partial charge on any atom is -0.295 e. The molecule has 1 unspecified atom stereocenters. The average Bonchev–Trinajstić information content (AvgIpc) is 2.99. The third-order valence-corrected chi connectivity index (χ3v) is 5.62. The van der Waals surface area contributed by atoms with E-state index < -0.39 is 0 Å². The van der Waals surface area contributed by atoms with Crippen LogP contribution in [0.2, 0.25) is 0 Å². The number of Topliss-reactive ketones (excluding diaryl/α,β-unsaturated/α-hetero) is 2. The highest BCUT2D eigenvalue weighted by atomic mass is 16.1. The maximum Gasteiger partial charge on any atom is 0.158 e. The van der Waals surface area contributed by atoms with Crippen molar-refractivity contribution in [2.75, 3.05) is 0 Å². The van der Waals surface area contributed by atoms with Crippen molar-refractivity contribution in [2.45, 2.75) is 92.4 Å². The lowest BCUT2D eigenvalue weighted by atomic mass is 9.71. The monoisotopic (exact) mass is 344 g/mol. The number of ketones is 2. The molecule has 0 aromatic carbocycles. The Bertz CT molecular complexity index is 569. The van der Waals surface area contributed by atoms with Crippen LogP contribution >= 0.6 is 0 Å². The fourth-order valence-corrected chi connectivity index (χ4v) is 3.87. The van der Waals surface area contributed by atoms with E-state index in [9.17, 15) is 9.59 Å². The van der Waals surface area contributed by atoms with Crippen LogP contribution in [0.1, 0.15) is 92.4 Å². The standard InChI is InChI=1S/C23H36O2/c1-22(2,3)12-10-21(25)19-14-17(15-19)16-23(4,5)13-11-20(24)18-8-6-7-9-18/h8,14,17H,6-7,9-13,15-16H2,1-5H3. The van der Waals surface area contributed by atoms with Crippen LogP contribution in [-0.2, 0) is 9.59 Å². The Hall–Kier alpha value is -1.18. The minimum absolute atomic E-state index is 0.163. The quantitative estimate of drug-likeness (QED) is 0.498. The van der Waals surface area contributed by atoms with E-state index in [1.807, 2.05) is 0 Å². The summed E-state index contributed by atoms with van der Waals surface area (Å²) in [6, 6.07) is 0. The van der Waals surface area contributed by atoms with Crippen molar-refractivity contribution < 1.29 is 9.59 Å². The van der Waals surface area contributed by atoms with E-state index in [4.69, 9.17) is 0 Å². The zero-order chi connectivity index (χ0) is 18.7. The predicted molar refractivity (Wildman–Crippen MR) is 104 cm³/mol. The lowest BCUT2D eigenvalue weighted by Gasteiger charge is -2.33. The van der Waals surface area contributed by atoms with Crippen LogP contribution in [0.25, 0.3) is 0 Å². The van der Waals surface area contributed by atoms with Crippen LogP contribution in [0.4, 0.5) is 0 Å². The van der Waals surface area contributed by atoms with Crippen molar-refractivity contribution in [1.82, 2.24) is 0 Å². The number of allylic oxidation sites excluding steroid dienone is 4. The summed E-state index contributed by atoms with van der Waals surface area (Å²) in [7, 11) is 0. The van der Waals surface area contributed by atoms with Gasteiger partial charge in [0.15, 0.2) is 11.6 Å². The first-order valence-corrected chi connectivity index (χ1v) is 10.0. The lowest BCUT2D eigenvalue weighted by Crippen LogP contribution is -2.25. The van der Waals surface area contributed by atoms with Crippen molar-refractivity contribution in [3.8, 4) is 0 Å². The zero-order valence-electron chi connectivity index (χ0n) is 16.9. The molecule has 0 spiro atoms. The third kappa shape index (κ3) is 6.56. The van der Waals surface area contributed by atoms with Crippen molar-refractivity contribution >= 4 is 11.6 Å². The largest absolute Gasteiger partial charge is 0.295 e. The van der Waals surface area contributed by atoms with E-state index in [2.05, 4.69) is 46.8 Å². The molecule has 2 nitrogen and oxygen atoms in total. The first-order valence-electron chi connectivity index (χ1n) is 10.0. The Morgan fingerprint density at radius 2 is 1.60 bits per heavy atom. The average molecular weight is 345 g/mol. The van der Waals surface area contributed by atoms with Crippen LogP contribution in [0.15, 0.2) is 23.3 Å². The van der Waals surface area contributed by atoms with Crippen LogP contribution in [0, 0.1) is 16.7 Å². The van der Waals surface area contributed by atoms with E-state index in [1.165, 1.54) is 0 Å². The summed E-state index contributed by atoms with van der Waals surface area (Å²) >= 11 is 0. The molecule has 0 aromatic heterocycles. The number of hydrogen-bond acceptors (Lipinski definition) is 2. The molecule has 0 heterocycles. The van der Waals surface area contributed by atoms with Crippen LogP contribution < -0.4 is 0 Å². The van der Waals surface area contributed by atoms with Gasteiger partial charge in [0.2, 0.25) is 0 Å². The summed E-state index contributed by atoms with van der Waals surface area (Å²) in [4.78, 5) is 24.5. The van der Waals surface area contributed by atoms with Gasteiger partial charge in [0, 0.05) is 12.8 Å². The molecule has 0 fully saturated rings. The second-order valence-electron chi connectivity index (χ2n) is 10.1. The first kappa shape index (κ1) is 20.1. The summed E-state index contributed by atoms with van der Waals surface area (Å²) < 4.78 is 0.